The molecule has 0 aliphatic carbocycles. The molecule has 0 radical (unpaired) electrons. The zero-order valence-electron chi connectivity index (χ0n) is 17.0. The van der Waals surface area contributed by atoms with Crippen LogP contribution >= 0.6 is 12.1 Å². The van der Waals surface area contributed by atoms with Gasteiger partial charge in [-0.25, -0.2) is 4.31 Å². The van der Waals surface area contributed by atoms with Crippen LogP contribution in [0.5, 0.6) is 5.75 Å². The molecule has 6 heteroatoms. The third-order valence-electron chi connectivity index (χ3n) is 5.44. The van der Waals surface area contributed by atoms with Crippen molar-refractivity contribution in [1.29, 1.82) is 0 Å². The van der Waals surface area contributed by atoms with Crippen molar-refractivity contribution in [3.05, 3.63) is 59.7 Å². The molecular formula is C23H29N3O2S. The normalized spacial score (nSPS) is 19.9. The third-order valence-corrected chi connectivity index (χ3v) is 6.39. The third kappa shape index (κ3) is 5.46. The monoisotopic (exact) mass is 411 g/mol. The molecule has 0 aromatic heterocycles. The maximum Gasteiger partial charge on any atom is 0.253 e. The summed E-state index contributed by atoms with van der Waals surface area (Å²) in [5.41, 5.74) is 2.91. The number of nitrogens with one attached hydrogen (secondary N) is 1. The van der Waals surface area contributed by atoms with Crippen LogP contribution in [0.2, 0.25) is 0 Å². The lowest BCUT2D eigenvalue weighted by Gasteiger charge is -2.25. The number of carbonyl (C=O) groups excluding carboxylic acids is 1. The first kappa shape index (κ1) is 20.1. The van der Waals surface area contributed by atoms with Gasteiger partial charge in [0.2, 0.25) is 0 Å². The summed E-state index contributed by atoms with van der Waals surface area (Å²) in [6, 6.07) is 15.9. The molecule has 1 amide bonds. The second kappa shape index (κ2) is 9.55. The fourth-order valence-corrected chi connectivity index (χ4v) is 4.67. The number of hydrogen-bond acceptors (Lipinski definition) is 5. The molecule has 2 aromatic carbocycles. The molecule has 0 saturated carbocycles. The highest BCUT2D eigenvalue weighted by Gasteiger charge is 2.28. The zero-order valence-corrected chi connectivity index (χ0v) is 17.8. The van der Waals surface area contributed by atoms with E-state index in [1.807, 2.05) is 54.3 Å². The molecule has 2 aromatic rings. The van der Waals surface area contributed by atoms with Crippen molar-refractivity contribution in [3.63, 3.8) is 0 Å². The Bertz CT molecular complexity index is 838. The fourth-order valence-electron chi connectivity index (χ4n) is 3.87. The lowest BCUT2D eigenvalue weighted by molar-refractivity contribution is 0.0772. The van der Waals surface area contributed by atoms with Crippen LogP contribution in [0.3, 0.4) is 0 Å². The molecule has 0 spiro atoms. The molecule has 2 fully saturated rings. The number of benzene rings is 2. The van der Waals surface area contributed by atoms with Gasteiger partial charge in [0.15, 0.2) is 0 Å². The molecule has 5 nitrogen and oxygen atoms in total. The number of hydrogen-bond donors (Lipinski definition) is 1. The SMILES string of the molecule is Cc1cccc(C(=O)N2CCC(Oc3cccc(NSN4CCCCC4)c3)C2)c1. The van der Waals surface area contributed by atoms with Crippen molar-refractivity contribution in [2.24, 2.45) is 0 Å². The minimum atomic E-state index is 0.0359. The molecule has 154 valence electrons. The van der Waals surface area contributed by atoms with E-state index in [-0.39, 0.29) is 12.0 Å². The fraction of sp³-hybridized carbons (Fsp3) is 0.435. The van der Waals surface area contributed by atoms with Crippen LogP contribution < -0.4 is 9.46 Å². The molecule has 2 aliphatic heterocycles. The quantitative estimate of drug-likeness (QED) is 0.695. The maximum atomic E-state index is 12.7. The Morgan fingerprint density at radius 3 is 2.72 bits per heavy atom. The first-order valence-electron chi connectivity index (χ1n) is 10.5. The number of amides is 1. The molecule has 0 bridgehead atoms. The van der Waals surface area contributed by atoms with Crippen LogP contribution in [0.1, 0.15) is 41.6 Å². The zero-order chi connectivity index (χ0) is 20.1. The number of nitrogens with zero attached hydrogens (tertiary/aromatic N) is 2. The molecule has 1 atom stereocenters. The average Bonchev–Trinajstić information content (AvgIpc) is 3.21. The Kier molecular flexibility index (Phi) is 6.62. The van der Waals surface area contributed by atoms with Gasteiger partial charge >= 0.3 is 0 Å². The Morgan fingerprint density at radius 2 is 1.90 bits per heavy atom. The number of piperidine rings is 1. The van der Waals surface area contributed by atoms with Crippen LogP contribution in [-0.2, 0) is 0 Å². The van der Waals surface area contributed by atoms with Crippen molar-refractivity contribution in [2.75, 3.05) is 30.9 Å². The van der Waals surface area contributed by atoms with Gasteiger partial charge in [0.25, 0.3) is 5.91 Å². The van der Waals surface area contributed by atoms with E-state index in [2.05, 4.69) is 15.1 Å². The summed E-state index contributed by atoms with van der Waals surface area (Å²) in [4.78, 5) is 14.6. The highest BCUT2D eigenvalue weighted by molar-refractivity contribution is 7.98. The molecule has 2 aliphatic rings. The second-order valence-corrected chi connectivity index (χ2v) is 8.76. The Balaban J connectivity index is 1.30. The summed E-state index contributed by atoms with van der Waals surface area (Å²) in [5.74, 6) is 0.942. The summed E-state index contributed by atoms with van der Waals surface area (Å²) in [6.45, 7) is 5.66. The van der Waals surface area contributed by atoms with E-state index in [4.69, 9.17) is 4.74 Å². The van der Waals surface area contributed by atoms with Crippen LogP contribution in [0.25, 0.3) is 0 Å². The predicted molar refractivity (Wildman–Crippen MR) is 119 cm³/mol. The Hall–Kier alpha value is -2.18. The van der Waals surface area contributed by atoms with Crippen LogP contribution in [-0.4, -0.2) is 47.4 Å². The minimum Gasteiger partial charge on any atom is -0.488 e. The maximum absolute atomic E-state index is 12.7. The highest BCUT2D eigenvalue weighted by Crippen LogP contribution is 2.26. The van der Waals surface area contributed by atoms with E-state index >= 15 is 0 Å². The van der Waals surface area contributed by atoms with Gasteiger partial charge in [-0.3, -0.25) is 4.79 Å². The Labute approximate surface area is 177 Å². The number of ether oxygens (including phenoxy) is 1. The van der Waals surface area contributed by atoms with Gasteiger partial charge in [-0.15, -0.1) is 0 Å². The van der Waals surface area contributed by atoms with Crippen molar-refractivity contribution < 1.29 is 9.53 Å². The van der Waals surface area contributed by atoms with Crippen molar-refractivity contribution >= 4 is 23.7 Å². The molecule has 2 heterocycles. The van der Waals surface area contributed by atoms with E-state index in [0.717, 1.165) is 48.6 Å². The molecule has 2 saturated heterocycles. The molecule has 4 rings (SSSR count). The molecule has 1 unspecified atom stereocenters. The highest BCUT2D eigenvalue weighted by atomic mass is 32.2. The number of anilines is 1. The number of likely N-dealkylation sites (tertiary alicyclic amines) is 1. The number of carbonyl (C=O) groups is 1. The standard InChI is InChI=1S/C23H29N3O2S/c1-18-7-5-8-19(15-18)23(27)25-14-11-22(17-25)28-21-10-6-9-20(16-21)24-29-26-12-3-2-4-13-26/h5-10,15-16,22,24H,2-4,11-14,17H2,1H3. The number of aryl methyl sites for hydroxylation is 1. The van der Waals surface area contributed by atoms with Gasteiger partial charge in [0, 0.05) is 55.5 Å². The van der Waals surface area contributed by atoms with Gasteiger partial charge in [0.05, 0.1) is 6.54 Å². The van der Waals surface area contributed by atoms with Crippen molar-refractivity contribution in [1.82, 2.24) is 9.21 Å². The average molecular weight is 412 g/mol. The van der Waals surface area contributed by atoms with Gasteiger partial charge in [0.1, 0.15) is 11.9 Å². The van der Waals surface area contributed by atoms with E-state index in [9.17, 15) is 4.79 Å². The van der Waals surface area contributed by atoms with Crippen molar-refractivity contribution in [3.8, 4) is 5.75 Å². The largest absolute Gasteiger partial charge is 0.488 e. The minimum absolute atomic E-state index is 0.0359. The first-order chi connectivity index (χ1) is 14.2. The lowest BCUT2D eigenvalue weighted by Crippen LogP contribution is -2.30. The van der Waals surface area contributed by atoms with Gasteiger partial charge < -0.3 is 14.4 Å². The number of rotatable bonds is 6. The van der Waals surface area contributed by atoms with Crippen LogP contribution in [0, 0.1) is 6.92 Å². The summed E-state index contributed by atoms with van der Waals surface area (Å²) < 4.78 is 12.0. The smallest absolute Gasteiger partial charge is 0.253 e. The summed E-state index contributed by atoms with van der Waals surface area (Å²) in [5, 5.41) is 0. The van der Waals surface area contributed by atoms with E-state index in [0.29, 0.717) is 6.54 Å². The van der Waals surface area contributed by atoms with Gasteiger partial charge in [-0.1, -0.05) is 30.2 Å². The topological polar surface area (TPSA) is 44.8 Å². The first-order valence-corrected chi connectivity index (χ1v) is 11.3. The summed E-state index contributed by atoms with van der Waals surface area (Å²) in [6.07, 6.45) is 4.78. The van der Waals surface area contributed by atoms with Crippen LogP contribution in [0.15, 0.2) is 48.5 Å². The molecule has 29 heavy (non-hydrogen) atoms. The van der Waals surface area contributed by atoms with E-state index in [1.165, 1.54) is 19.3 Å². The molecule has 1 N–H and O–H groups in total. The predicted octanol–water partition coefficient (Wildman–Crippen LogP) is 4.75. The summed E-state index contributed by atoms with van der Waals surface area (Å²) >= 11 is 1.68. The van der Waals surface area contributed by atoms with Gasteiger partial charge in [-0.05, 0) is 44.0 Å². The van der Waals surface area contributed by atoms with Crippen molar-refractivity contribution in [2.45, 2.75) is 38.7 Å². The molecular weight excluding hydrogens is 382 g/mol. The summed E-state index contributed by atoms with van der Waals surface area (Å²) in [7, 11) is 0. The van der Waals surface area contributed by atoms with Crippen LogP contribution in [0.4, 0.5) is 5.69 Å². The van der Waals surface area contributed by atoms with E-state index < -0.39 is 0 Å². The Morgan fingerprint density at radius 1 is 1.07 bits per heavy atom. The lowest BCUT2D eigenvalue weighted by atomic mass is 10.1. The van der Waals surface area contributed by atoms with Gasteiger partial charge in [-0.2, -0.15) is 0 Å². The second-order valence-electron chi connectivity index (χ2n) is 7.86. The van der Waals surface area contributed by atoms with E-state index in [1.54, 1.807) is 12.1 Å².